The zero-order chi connectivity index (χ0) is 2.71. The van der Waals surface area contributed by atoms with Crippen molar-refractivity contribution >= 4 is 11.0 Å². The Balaban J connectivity index is 0. The van der Waals surface area contributed by atoms with E-state index in [1.54, 1.807) is 4.91 Å². The van der Waals surface area contributed by atoms with Gasteiger partial charge in [-0.25, -0.2) is 0 Å². The van der Waals surface area contributed by atoms with Crippen LogP contribution in [0.3, 0.4) is 0 Å². The molecule has 0 atom stereocenters. The highest BCUT2D eigenvalue weighted by Gasteiger charge is 0.973. The molecular weight excluding hydrogens is 70.1 g/mol. The summed E-state index contributed by atoms with van der Waals surface area (Å²) in [7, 11) is 0. The maximum absolute atomic E-state index is 6.86. The van der Waals surface area contributed by atoms with Crippen LogP contribution in [-0.4, -0.2) is 11.0 Å². The molecule has 4 heavy (non-hydrogen) atoms. The van der Waals surface area contributed by atoms with Crippen LogP contribution in [0.1, 0.15) is 0 Å². The zero-order valence-corrected chi connectivity index (χ0v) is 1.39. The lowest BCUT2D eigenvalue weighted by Gasteiger charge is -1.03. The summed E-state index contributed by atoms with van der Waals surface area (Å²) in [6.45, 7) is 0. The molecule has 0 spiro atoms. The average Bonchev–Trinajstić information content (AvgIpc) is 0.918. The van der Waals surface area contributed by atoms with Gasteiger partial charge in [-0.3, -0.25) is 0 Å². The summed E-state index contributed by atoms with van der Waals surface area (Å²) in [6.07, 6.45) is 0. The first kappa shape index (κ1) is 9.66. The van der Waals surface area contributed by atoms with E-state index in [2.05, 4.69) is 0 Å². The monoisotopic (exact) mass is 75.0 g/mol. The highest BCUT2D eigenvalue weighted by atomic mass is 28.1. The fourth-order valence-corrected chi connectivity index (χ4v) is 0. The second-order valence-corrected chi connectivity index (χ2v) is 0.100. The van der Waals surface area contributed by atoms with Crippen molar-refractivity contribution in [3.8, 4) is 0 Å². The molecule has 0 aromatic heterocycles. The number of hydrogen-bond acceptors (Lipinski definition) is 1. The van der Waals surface area contributed by atoms with Crippen LogP contribution in [0.5, 0.6) is 0 Å². The summed E-state index contributed by atoms with van der Waals surface area (Å²) in [5.74, 6) is 0. The van der Waals surface area contributed by atoms with E-state index in [0.29, 0.717) is 0 Å². The van der Waals surface area contributed by atoms with Crippen LogP contribution in [0.2, 0.25) is 0 Å². The van der Waals surface area contributed by atoms with Gasteiger partial charge in [0.15, 0.2) is 0 Å². The zero-order valence-electron chi connectivity index (χ0n) is 1.39. The highest BCUT2D eigenvalue weighted by molar-refractivity contribution is 5.75. The molecular formula is H5N3Si. The van der Waals surface area contributed by atoms with E-state index in [9.17, 15) is 0 Å². The van der Waals surface area contributed by atoms with E-state index in [-0.39, 0.29) is 11.0 Å². The summed E-state index contributed by atoms with van der Waals surface area (Å²) < 4.78 is 0. The molecule has 0 saturated heterocycles. The molecule has 0 heterocycles. The number of rotatable bonds is 0. The van der Waals surface area contributed by atoms with Gasteiger partial charge in [0.25, 0.3) is 0 Å². The molecule has 0 aliphatic rings. The van der Waals surface area contributed by atoms with Gasteiger partial charge in [0.2, 0.25) is 0 Å². The molecule has 0 aliphatic heterocycles. The second kappa shape index (κ2) is 21.2. The van der Waals surface area contributed by atoms with Crippen LogP contribution in [0.4, 0.5) is 0 Å². The fraction of sp³-hybridized carbons (Fsp3) is 0. The van der Waals surface area contributed by atoms with Gasteiger partial charge in [-0.15, -0.1) is 5.53 Å². The smallest absolute Gasteiger partial charge is 0.00208 e. The standard InChI is InChI=1S/HN3.H4Si/c1-3-2;/h1H;1H4. The molecule has 0 amide bonds. The van der Waals surface area contributed by atoms with E-state index in [1.165, 1.54) is 0 Å². The fourth-order valence-electron chi connectivity index (χ4n) is 0. The molecule has 0 aromatic rings. The Morgan fingerprint density at radius 1 is 1.75 bits per heavy atom. The minimum Gasteiger partial charge on any atom is -0.108 e. The molecule has 1 N–H and O–H groups in total. The van der Waals surface area contributed by atoms with E-state index < -0.39 is 0 Å². The predicted octanol–water partition coefficient (Wildman–Crippen LogP) is -0.576. The SMILES string of the molecule is [N-]=[N+]=N.[SiH4]. The number of nitrogens with one attached hydrogen (secondary N) is 1. The molecule has 0 aromatic carbocycles. The Morgan fingerprint density at radius 3 is 1.75 bits per heavy atom. The third-order valence-corrected chi connectivity index (χ3v) is 0. The van der Waals surface area contributed by atoms with Gasteiger partial charge < -0.3 is 0 Å². The van der Waals surface area contributed by atoms with Crippen molar-refractivity contribution in [2.24, 2.45) is 0 Å². The molecule has 4 heteroatoms. The Morgan fingerprint density at radius 2 is 1.75 bits per heavy atom. The summed E-state index contributed by atoms with van der Waals surface area (Å²) in [5.41, 5.74) is 12.2. The van der Waals surface area contributed by atoms with Gasteiger partial charge in [0, 0.05) is 0 Å². The molecule has 0 saturated carbocycles. The maximum atomic E-state index is 6.86. The van der Waals surface area contributed by atoms with Crippen LogP contribution in [0, 0.1) is 5.53 Å². The highest BCUT2D eigenvalue weighted by Crippen LogP contribution is 1.24. The minimum atomic E-state index is 0. The van der Waals surface area contributed by atoms with Crippen LogP contribution < -0.4 is 0 Å². The molecule has 24 valence electrons. The van der Waals surface area contributed by atoms with Crippen molar-refractivity contribution in [3.05, 3.63) is 10.4 Å². The van der Waals surface area contributed by atoms with Gasteiger partial charge in [-0.1, -0.05) is 0 Å². The average molecular weight is 75.1 g/mol. The first-order valence-corrected chi connectivity index (χ1v) is 0.424. The Bertz CT molecular complexity index is 24.3. The number of hydrogen-bond donors (Lipinski definition) is 1. The Kier molecular flexibility index (Phi) is 51.2. The van der Waals surface area contributed by atoms with E-state index >= 15 is 0 Å². The first-order valence-electron chi connectivity index (χ1n) is 0.424. The molecule has 0 bridgehead atoms. The van der Waals surface area contributed by atoms with E-state index in [0.717, 1.165) is 0 Å². The number of nitrogens with zero attached hydrogens (tertiary/aromatic N) is 2. The lowest BCUT2D eigenvalue weighted by atomic mass is 13.0. The summed E-state index contributed by atoms with van der Waals surface area (Å²) in [4.78, 5) is 1.75. The first-order chi connectivity index (χ1) is 1.41. The van der Waals surface area contributed by atoms with Crippen molar-refractivity contribution in [3.63, 3.8) is 0 Å². The van der Waals surface area contributed by atoms with E-state index in [1.807, 2.05) is 0 Å². The van der Waals surface area contributed by atoms with E-state index in [4.69, 9.17) is 11.1 Å². The summed E-state index contributed by atoms with van der Waals surface area (Å²) in [6, 6.07) is 0. The van der Waals surface area contributed by atoms with Crippen LogP contribution in [0.15, 0.2) is 0 Å². The molecule has 0 aliphatic carbocycles. The van der Waals surface area contributed by atoms with Crippen LogP contribution >= 0.6 is 0 Å². The molecule has 0 unspecified atom stereocenters. The van der Waals surface area contributed by atoms with Crippen molar-refractivity contribution in [1.82, 2.24) is 0 Å². The topological polar surface area (TPSA) is 60.3 Å². The van der Waals surface area contributed by atoms with Crippen molar-refractivity contribution in [2.75, 3.05) is 0 Å². The third kappa shape index (κ3) is 1.89. The van der Waals surface area contributed by atoms with Crippen LogP contribution in [-0.2, 0) is 0 Å². The van der Waals surface area contributed by atoms with Crippen molar-refractivity contribution < 1.29 is 0 Å². The van der Waals surface area contributed by atoms with Crippen molar-refractivity contribution in [2.45, 2.75) is 0 Å². The normalized spacial score (nSPS) is 2.00. The molecule has 0 rings (SSSR count). The minimum absolute atomic E-state index is 0. The van der Waals surface area contributed by atoms with Gasteiger partial charge in [-0.05, 0) is 21.4 Å². The molecule has 3 nitrogen and oxygen atoms in total. The van der Waals surface area contributed by atoms with Crippen molar-refractivity contribution in [1.29, 1.82) is 5.53 Å². The van der Waals surface area contributed by atoms with Gasteiger partial charge in [0.1, 0.15) is 0 Å². The van der Waals surface area contributed by atoms with Crippen LogP contribution in [0.25, 0.3) is 10.4 Å². The second-order valence-electron chi connectivity index (χ2n) is 0.100. The Hall–Kier alpha value is -0.473. The largest absolute Gasteiger partial charge is 0.108 e. The van der Waals surface area contributed by atoms with Gasteiger partial charge in [0.05, 0.1) is 0 Å². The lowest BCUT2D eigenvalue weighted by molar-refractivity contribution is 1.45. The molecule has 0 radical (unpaired) electrons. The predicted molar refractivity (Wildman–Crippen MR) is 20.8 cm³/mol. The van der Waals surface area contributed by atoms with Gasteiger partial charge in [-0.2, -0.15) is 0 Å². The summed E-state index contributed by atoms with van der Waals surface area (Å²) >= 11 is 0. The third-order valence-electron chi connectivity index (χ3n) is 0. The molecule has 0 fully saturated rings. The summed E-state index contributed by atoms with van der Waals surface area (Å²) in [5, 5.41) is 0. The quantitative estimate of drug-likeness (QED) is 0.173. The Labute approximate surface area is 28.1 Å². The maximum Gasteiger partial charge on any atom is -0.00208 e. The lowest BCUT2D eigenvalue weighted by Crippen LogP contribution is -0.769. The van der Waals surface area contributed by atoms with Gasteiger partial charge >= 0.3 is 0 Å².